The molecule has 3 heterocycles. The first-order valence-corrected chi connectivity index (χ1v) is 6.51. The molecule has 0 radical (unpaired) electrons. The Morgan fingerprint density at radius 2 is 1.94 bits per heavy atom. The highest BCUT2D eigenvalue weighted by molar-refractivity contribution is 6.39. The van der Waals surface area contributed by atoms with Gasteiger partial charge in [0.05, 0.1) is 6.10 Å². The maximum atomic E-state index is 12.4. The highest BCUT2D eigenvalue weighted by Gasteiger charge is 2.44. The number of carbonyl (C=O) groups excluding carboxylic acids is 2. The minimum absolute atomic E-state index is 0.0607. The number of aliphatic hydroxyl groups excluding tert-OH is 1. The molecule has 2 unspecified atom stereocenters. The van der Waals surface area contributed by atoms with E-state index in [1.807, 2.05) is 4.90 Å². The Morgan fingerprint density at radius 3 is 2.50 bits per heavy atom. The van der Waals surface area contributed by atoms with Crippen LogP contribution in [0.25, 0.3) is 0 Å². The molecule has 6 heteroatoms. The Kier molecular flexibility index (Phi) is 2.81. The zero-order valence-corrected chi connectivity index (χ0v) is 10.1. The van der Waals surface area contributed by atoms with Crippen LogP contribution in [0.3, 0.4) is 0 Å². The van der Waals surface area contributed by atoms with Gasteiger partial charge in [0, 0.05) is 24.9 Å². The number of aliphatic hydroxyl groups is 1. The smallest absolute Gasteiger partial charge is 0.270 e. The van der Waals surface area contributed by atoms with Gasteiger partial charge in [-0.3, -0.25) is 9.59 Å². The van der Waals surface area contributed by atoms with Crippen LogP contribution in [0.1, 0.15) is 38.5 Å². The number of carbonyl (C=O) groups is 2. The van der Waals surface area contributed by atoms with Crippen molar-refractivity contribution in [2.75, 3.05) is 0 Å². The van der Waals surface area contributed by atoms with Crippen molar-refractivity contribution in [1.29, 1.82) is 0 Å². The summed E-state index contributed by atoms with van der Waals surface area (Å²) < 4.78 is 0. The summed E-state index contributed by atoms with van der Waals surface area (Å²) >= 11 is 0. The summed E-state index contributed by atoms with van der Waals surface area (Å²) in [4.78, 5) is 25.3. The largest absolute Gasteiger partial charge is 0.393 e. The second-order valence-electron chi connectivity index (χ2n) is 5.32. The second kappa shape index (κ2) is 4.35. The predicted octanol–water partition coefficient (Wildman–Crippen LogP) is -0.233. The molecule has 2 N–H and O–H groups in total. The van der Waals surface area contributed by atoms with Crippen molar-refractivity contribution in [2.24, 2.45) is 5.10 Å². The van der Waals surface area contributed by atoms with E-state index in [4.69, 9.17) is 0 Å². The van der Waals surface area contributed by atoms with Gasteiger partial charge in [0.2, 0.25) is 5.91 Å². The first kappa shape index (κ1) is 11.6. The van der Waals surface area contributed by atoms with E-state index in [1.54, 1.807) is 0 Å². The van der Waals surface area contributed by atoms with Gasteiger partial charge < -0.3 is 10.0 Å². The maximum Gasteiger partial charge on any atom is 0.270 e. The molecule has 3 aliphatic rings. The fourth-order valence-electron chi connectivity index (χ4n) is 3.26. The molecule has 0 aromatic carbocycles. The lowest BCUT2D eigenvalue weighted by atomic mass is 9.98. The third-order valence-corrected chi connectivity index (χ3v) is 4.09. The van der Waals surface area contributed by atoms with Crippen molar-refractivity contribution in [3.05, 3.63) is 0 Å². The van der Waals surface area contributed by atoms with Crippen molar-refractivity contribution in [2.45, 2.75) is 56.7 Å². The van der Waals surface area contributed by atoms with Gasteiger partial charge in [-0.15, -0.1) is 0 Å². The molecule has 2 saturated heterocycles. The Hall–Kier alpha value is -1.43. The Morgan fingerprint density at radius 1 is 1.28 bits per heavy atom. The van der Waals surface area contributed by atoms with Gasteiger partial charge in [-0.05, 0) is 25.7 Å². The van der Waals surface area contributed by atoms with Crippen LogP contribution >= 0.6 is 0 Å². The SMILES string of the molecule is O=C1CCC(C(=O)N2C3CCC2CC(O)C3)=NN1. The number of hydrogen-bond donors (Lipinski definition) is 2. The molecule has 18 heavy (non-hydrogen) atoms. The van der Waals surface area contributed by atoms with E-state index in [0.717, 1.165) is 12.8 Å². The molecule has 98 valence electrons. The Balaban J connectivity index is 1.75. The molecule has 2 bridgehead atoms. The number of amides is 2. The fraction of sp³-hybridized carbons (Fsp3) is 0.750. The van der Waals surface area contributed by atoms with Crippen LogP contribution in [-0.2, 0) is 9.59 Å². The van der Waals surface area contributed by atoms with E-state index >= 15 is 0 Å². The van der Waals surface area contributed by atoms with E-state index < -0.39 is 0 Å². The zero-order valence-electron chi connectivity index (χ0n) is 10.1. The molecular weight excluding hydrogens is 234 g/mol. The molecule has 2 atom stereocenters. The first-order valence-electron chi connectivity index (χ1n) is 6.51. The van der Waals surface area contributed by atoms with Crippen LogP contribution in [0, 0.1) is 0 Å². The average molecular weight is 251 g/mol. The van der Waals surface area contributed by atoms with Crippen molar-refractivity contribution in [1.82, 2.24) is 10.3 Å². The summed E-state index contributed by atoms with van der Waals surface area (Å²) in [5.41, 5.74) is 2.81. The molecule has 0 spiro atoms. The van der Waals surface area contributed by atoms with Gasteiger partial charge in [-0.1, -0.05) is 0 Å². The highest BCUT2D eigenvalue weighted by Crippen LogP contribution is 2.36. The van der Waals surface area contributed by atoms with E-state index in [0.29, 0.717) is 31.4 Å². The minimum atomic E-state index is -0.278. The van der Waals surface area contributed by atoms with Crippen LogP contribution < -0.4 is 5.43 Å². The third-order valence-electron chi connectivity index (χ3n) is 4.09. The van der Waals surface area contributed by atoms with E-state index in [1.165, 1.54) is 0 Å². The van der Waals surface area contributed by atoms with Gasteiger partial charge in [0.25, 0.3) is 5.91 Å². The Labute approximate surface area is 105 Å². The number of nitrogens with one attached hydrogen (secondary N) is 1. The summed E-state index contributed by atoms with van der Waals surface area (Å²) in [5, 5.41) is 13.6. The van der Waals surface area contributed by atoms with E-state index in [-0.39, 0.29) is 30.0 Å². The van der Waals surface area contributed by atoms with Crippen LogP contribution in [0.4, 0.5) is 0 Å². The number of rotatable bonds is 1. The van der Waals surface area contributed by atoms with E-state index in [2.05, 4.69) is 10.5 Å². The molecule has 2 amide bonds. The molecular formula is C12H17N3O3. The van der Waals surface area contributed by atoms with Crippen LogP contribution in [0.5, 0.6) is 0 Å². The molecule has 6 nitrogen and oxygen atoms in total. The monoisotopic (exact) mass is 251 g/mol. The number of fused-ring (bicyclic) bond motifs is 2. The summed E-state index contributed by atoms with van der Waals surface area (Å²) in [5.74, 6) is -0.196. The van der Waals surface area contributed by atoms with Crippen LogP contribution in [0.2, 0.25) is 0 Å². The highest BCUT2D eigenvalue weighted by atomic mass is 16.3. The lowest BCUT2D eigenvalue weighted by molar-refractivity contribution is -0.130. The van der Waals surface area contributed by atoms with Gasteiger partial charge in [0.15, 0.2) is 0 Å². The molecule has 2 fully saturated rings. The molecule has 0 aliphatic carbocycles. The summed E-state index contributed by atoms with van der Waals surface area (Å²) in [6.45, 7) is 0. The number of hydrazone groups is 1. The van der Waals surface area contributed by atoms with Gasteiger partial charge in [-0.2, -0.15) is 5.10 Å². The number of piperidine rings is 1. The quantitative estimate of drug-likeness (QED) is 0.675. The maximum absolute atomic E-state index is 12.4. The second-order valence-corrected chi connectivity index (χ2v) is 5.32. The van der Waals surface area contributed by atoms with Crippen molar-refractivity contribution >= 4 is 17.5 Å². The molecule has 0 aromatic heterocycles. The van der Waals surface area contributed by atoms with Gasteiger partial charge in [0.1, 0.15) is 5.71 Å². The fourth-order valence-corrected chi connectivity index (χ4v) is 3.26. The molecule has 3 rings (SSSR count). The summed E-state index contributed by atoms with van der Waals surface area (Å²) in [6.07, 6.45) is 3.74. The van der Waals surface area contributed by atoms with Crippen molar-refractivity contribution < 1.29 is 14.7 Å². The zero-order chi connectivity index (χ0) is 12.7. The van der Waals surface area contributed by atoms with Crippen molar-refractivity contribution in [3.63, 3.8) is 0 Å². The van der Waals surface area contributed by atoms with Crippen molar-refractivity contribution in [3.8, 4) is 0 Å². The summed E-state index contributed by atoms with van der Waals surface area (Å²) in [7, 11) is 0. The third kappa shape index (κ3) is 1.90. The first-order chi connectivity index (χ1) is 8.65. The predicted molar refractivity (Wildman–Crippen MR) is 63.7 cm³/mol. The average Bonchev–Trinajstić information content (AvgIpc) is 2.62. The van der Waals surface area contributed by atoms with Crippen LogP contribution in [0.15, 0.2) is 5.10 Å². The summed E-state index contributed by atoms with van der Waals surface area (Å²) in [6, 6.07) is 0.290. The van der Waals surface area contributed by atoms with Gasteiger partial charge >= 0.3 is 0 Å². The molecule has 0 saturated carbocycles. The van der Waals surface area contributed by atoms with Gasteiger partial charge in [-0.25, -0.2) is 5.43 Å². The van der Waals surface area contributed by atoms with E-state index in [9.17, 15) is 14.7 Å². The Bertz CT molecular complexity index is 407. The lowest BCUT2D eigenvalue weighted by Gasteiger charge is -2.37. The lowest BCUT2D eigenvalue weighted by Crippen LogP contribution is -2.51. The molecule has 3 aliphatic heterocycles. The van der Waals surface area contributed by atoms with Crippen LogP contribution in [-0.4, -0.2) is 45.7 Å². The topological polar surface area (TPSA) is 82.0 Å². The normalized spacial score (nSPS) is 35.2. The molecule has 0 aromatic rings. The standard InChI is InChI=1S/C12H17N3O3/c16-9-5-7-1-2-8(6-9)15(7)12(18)10-3-4-11(17)14-13-10/h7-9,16H,1-6H2,(H,14,17). The number of nitrogens with zero attached hydrogens (tertiary/aromatic N) is 2. The number of hydrogen-bond acceptors (Lipinski definition) is 4. The minimum Gasteiger partial charge on any atom is -0.393 e.